The predicted octanol–water partition coefficient (Wildman–Crippen LogP) is 6.82. The number of anilines is 1. The number of amides is 1. The highest BCUT2D eigenvalue weighted by Gasteiger charge is 2.28. The third kappa shape index (κ3) is 6.50. The summed E-state index contributed by atoms with van der Waals surface area (Å²) in [6.45, 7) is 1.73. The van der Waals surface area contributed by atoms with Gasteiger partial charge < -0.3 is 15.5 Å². The smallest absolute Gasteiger partial charge is 0.270 e. The van der Waals surface area contributed by atoms with Crippen LogP contribution in [-0.2, 0) is 12.5 Å². The quantitative estimate of drug-likeness (QED) is 0.375. The SMILES string of the molecule is CN(C)Cc1ccc(C(=O)N[C@@H]2CCC[C@H](Nc3cc(C(C)(F)F)cc4ccc(Cl)cc34)C2)cc1. The van der Waals surface area contributed by atoms with E-state index in [-0.39, 0.29) is 23.6 Å². The standard InChI is InChI=1S/C28H32ClF2N3O/c1-28(30,31)21-13-20-11-12-22(29)15-25(20)26(14-21)32-23-5-4-6-24(16-23)33-27(35)19-9-7-18(8-10-19)17-34(2)3/h7-15,23-24,32H,4-6,16-17H2,1-3H3,(H,33,35)/t23-,24+/m0/s1. The van der Waals surface area contributed by atoms with Crippen LogP contribution in [0.3, 0.4) is 0 Å². The van der Waals surface area contributed by atoms with Crippen molar-refractivity contribution in [1.82, 2.24) is 10.2 Å². The van der Waals surface area contributed by atoms with Crippen molar-refractivity contribution in [1.29, 1.82) is 0 Å². The van der Waals surface area contributed by atoms with Gasteiger partial charge in [-0.1, -0.05) is 29.8 Å². The van der Waals surface area contributed by atoms with Gasteiger partial charge in [0.2, 0.25) is 0 Å². The lowest BCUT2D eigenvalue weighted by molar-refractivity contribution is 0.0176. The summed E-state index contributed by atoms with van der Waals surface area (Å²) in [5, 5.41) is 8.74. The van der Waals surface area contributed by atoms with Crippen LogP contribution in [0.15, 0.2) is 54.6 Å². The van der Waals surface area contributed by atoms with E-state index in [1.165, 1.54) is 12.1 Å². The maximum atomic E-state index is 14.2. The first-order chi connectivity index (χ1) is 16.6. The predicted molar refractivity (Wildman–Crippen MR) is 139 cm³/mol. The number of rotatable bonds is 7. The Morgan fingerprint density at radius 1 is 1.06 bits per heavy atom. The summed E-state index contributed by atoms with van der Waals surface area (Å²) in [5.41, 5.74) is 2.41. The van der Waals surface area contributed by atoms with Crippen LogP contribution < -0.4 is 10.6 Å². The minimum absolute atomic E-state index is 0.0147. The number of hydrogen-bond donors (Lipinski definition) is 2. The number of benzene rings is 3. The van der Waals surface area contributed by atoms with Crippen molar-refractivity contribution < 1.29 is 13.6 Å². The van der Waals surface area contributed by atoms with Crippen LogP contribution in [-0.4, -0.2) is 37.0 Å². The zero-order valence-electron chi connectivity index (χ0n) is 20.4. The molecule has 35 heavy (non-hydrogen) atoms. The molecule has 2 atom stereocenters. The number of carbonyl (C=O) groups excluding carboxylic acids is 1. The highest BCUT2D eigenvalue weighted by molar-refractivity contribution is 6.31. The molecule has 7 heteroatoms. The normalized spacial score (nSPS) is 18.6. The molecule has 4 rings (SSSR count). The van der Waals surface area contributed by atoms with Crippen LogP contribution in [0, 0.1) is 0 Å². The van der Waals surface area contributed by atoms with E-state index in [0.29, 0.717) is 21.7 Å². The second-order valence-corrected chi connectivity index (χ2v) is 10.3. The maximum absolute atomic E-state index is 14.2. The van der Waals surface area contributed by atoms with Crippen molar-refractivity contribution >= 4 is 34.0 Å². The van der Waals surface area contributed by atoms with Crippen molar-refractivity contribution in [2.75, 3.05) is 19.4 Å². The number of nitrogens with one attached hydrogen (secondary N) is 2. The van der Waals surface area contributed by atoms with Crippen LogP contribution in [0.4, 0.5) is 14.5 Å². The monoisotopic (exact) mass is 499 g/mol. The van der Waals surface area contributed by atoms with Gasteiger partial charge in [-0.05, 0) is 87.1 Å². The highest BCUT2D eigenvalue weighted by Crippen LogP contribution is 2.36. The minimum Gasteiger partial charge on any atom is -0.382 e. The molecular weight excluding hydrogens is 468 g/mol. The molecule has 1 amide bonds. The van der Waals surface area contributed by atoms with Crippen LogP contribution in [0.2, 0.25) is 5.02 Å². The fraction of sp³-hybridized carbons (Fsp3) is 0.393. The average Bonchev–Trinajstić information content (AvgIpc) is 2.79. The topological polar surface area (TPSA) is 44.4 Å². The van der Waals surface area contributed by atoms with E-state index in [4.69, 9.17) is 11.6 Å². The Kier molecular flexibility index (Phi) is 7.62. The maximum Gasteiger partial charge on any atom is 0.270 e. The second kappa shape index (κ2) is 10.5. The van der Waals surface area contributed by atoms with Crippen LogP contribution in [0.1, 0.15) is 54.1 Å². The third-order valence-corrected chi connectivity index (χ3v) is 6.74. The van der Waals surface area contributed by atoms with Crippen molar-refractivity contribution in [3.8, 4) is 0 Å². The van der Waals surface area contributed by atoms with Gasteiger partial charge in [0, 0.05) is 52.8 Å². The van der Waals surface area contributed by atoms with Gasteiger partial charge in [-0.25, -0.2) is 8.78 Å². The van der Waals surface area contributed by atoms with Gasteiger partial charge in [0.1, 0.15) is 0 Å². The van der Waals surface area contributed by atoms with Gasteiger partial charge in [-0.3, -0.25) is 4.79 Å². The molecule has 0 heterocycles. The zero-order valence-corrected chi connectivity index (χ0v) is 21.1. The number of nitrogens with zero attached hydrogens (tertiary/aromatic N) is 1. The Labute approximate surface area is 210 Å². The van der Waals surface area contributed by atoms with Crippen molar-refractivity contribution in [2.45, 2.75) is 57.2 Å². The number of fused-ring (bicyclic) bond motifs is 1. The molecule has 1 saturated carbocycles. The molecule has 3 aromatic rings. The van der Waals surface area contributed by atoms with E-state index in [9.17, 15) is 13.6 Å². The van der Waals surface area contributed by atoms with Crippen LogP contribution in [0.5, 0.6) is 0 Å². The Balaban J connectivity index is 1.47. The summed E-state index contributed by atoms with van der Waals surface area (Å²) in [6, 6.07) is 16.1. The number of halogens is 3. The summed E-state index contributed by atoms with van der Waals surface area (Å²) in [6.07, 6.45) is 3.45. The zero-order chi connectivity index (χ0) is 25.2. The van der Waals surface area contributed by atoms with Crippen LogP contribution in [0.25, 0.3) is 10.8 Å². The lowest BCUT2D eigenvalue weighted by Crippen LogP contribution is -2.41. The van der Waals surface area contributed by atoms with Crippen molar-refractivity contribution in [3.05, 3.63) is 76.3 Å². The molecule has 3 aromatic carbocycles. The van der Waals surface area contributed by atoms with Crippen LogP contribution >= 0.6 is 11.6 Å². The van der Waals surface area contributed by atoms with Gasteiger partial charge in [-0.2, -0.15) is 0 Å². The number of carbonyl (C=O) groups is 1. The molecule has 1 aliphatic rings. The Bertz CT molecular complexity index is 1190. The van der Waals surface area contributed by atoms with Gasteiger partial charge in [0.15, 0.2) is 0 Å². The molecule has 0 unspecified atom stereocenters. The number of alkyl halides is 2. The van der Waals surface area contributed by atoms with E-state index in [1.807, 2.05) is 38.4 Å². The fourth-order valence-corrected chi connectivity index (χ4v) is 4.94. The summed E-state index contributed by atoms with van der Waals surface area (Å²) in [7, 11) is 4.02. The molecule has 0 aromatic heterocycles. The lowest BCUT2D eigenvalue weighted by atomic mass is 9.90. The summed E-state index contributed by atoms with van der Waals surface area (Å²) in [4.78, 5) is 14.9. The molecule has 0 saturated heterocycles. The molecule has 186 valence electrons. The Morgan fingerprint density at radius 3 is 2.46 bits per heavy atom. The van der Waals surface area contributed by atoms with Gasteiger partial charge in [0.25, 0.3) is 11.8 Å². The van der Waals surface area contributed by atoms with Crippen molar-refractivity contribution in [3.63, 3.8) is 0 Å². The molecule has 1 aliphatic carbocycles. The fourth-order valence-electron chi connectivity index (χ4n) is 4.77. The Hall–Kier alpha value is -2.70. The first kappa shape index (κ1) is 25.4. The lowest BCUT2D eigenvalue weighted by Gasteiger charge is -2.31. The summed E-state index contributed by atoms with van der Waals surface area (Å²) < 4.78 is 28.3. The van der Waals surface area contributed by atoms with E-state index in [0.717, 1.165) is 50.1 Å². The molecule has 1 fully saturated rings. The summed E-state index contributed by atoms with van der Waals surface area (Å²) in [5.74, 6) is -3.04. The van der Waals surface area contributed by atoms with E-state index < -0.39 is 5.92 Å². The molecular formula is C28H32ClF2N3O. The average molecular weight is 500 g/mol. The molecule has 0 aliphatic heterocycles. The highest BCUT2D eigenvalue weighted by atomic mass is 35.5. The molecule has 0 radical (unpaired) electrons. The van der Waals surface area contributed by atoms with E-state index in [1.54, 1.807) is 18.2 Å². The third-order valence-electron chi connectivity index (χ3n) is 6.51. The van der Waals surface area contributed by atoms with E-state index in [2.05, 4.69) is 15.5 Å². The van der Waals surface area contributed by atoms with Crippen molar-refractivity contribution in [2.24, 2.45) is 0 Å². The first-order valence-corrected chi connectivity index (χ1v) is 12.4. The minimum atomic E-state index is -2.95. The summed E-state index contributed by atoms with van der Waals surface area (Å²) >= 11 is 6.21. The molecule has 4 nitrogen and oxygen atoms in total. The van der Waals surface area contributed by atoms with Gasteiger partial charge in [-0.15, -0.1) is 0 Å². The molecule has 0 spiro atoms. The molecule has 0 bridgehead atoms. The number of hydrogen-bond acceptors (Lipinski definition) is 3. The second-order valence-electron chi connectivity index (χ2n) is 9.89. The van der Waals surface area contributed by atoms with Gasteiger partial charge in [0.05, 0.1) is 0 Å². The molecule has 2 N–H and O–H groups in total. The largest absolute Gasteiger partial charge is 0.382 e. The first-order valence-electron chi connectivity index (χ1n) is 12.0. The Morgan fingerprint density at radius 2 is 1.77 bits per heavy atom. The van der Waals surface area contributed by atoms with Gasteiger partial charge >= 0.3 is 0 Å². The van der Waals surface area contributed by atoms with E-state index >= 15 is 0 Å².